The Morgan fingerprint density at radius 3 is 2.31 bits per heavy atom. The largest absolute Gasteiger partial charge is 0.416 e. The first-order valence-corrected chi connectivity index (χ1v) is 12.0. The number of nitrogens with zero attached hydrogens (tertiary/aromatic N) is 4. The summed E-state index contributed by atoms with van der Waals surface area (Å²) in [6.45, 7) is 7.94. The average molecular weight is 467 g/mol. The number of aliphatic imine (C=N–C) groups is 1. The first-order chi connectivity index (χ1) is 15.1. The zero-order valence-electron chi connectivity index (χ0n) is 19.2. The first kappa shape index (κ1) is 23.6. The lowest BCUT2D eigenvalue weighted by Gasteiger charge is -2.41. The zero-order chi connectivity index (χ0) is 23.1. The van der Waals surface area contributed by atoms with E-state index in [9.17, 15) is 13.2 Å². The van der Waals surface area contributed by atoms with Crippen molar-refractivity contribution in [3.63, 3.8) is 0 Å². The SMILES string of the molecule is CN1CCN([C@@H]2C(=NC3CCCCC3)N(c3cccc(C(F)(F)F)c3)C(=S)C2(C)C)CC1. The van der Waals surface area contributed by atoms with Crippen LogP contribution in [0.25, 0.3) is 0 Å². The molecule has 3 aliphatic rings. The first-order valence-electron chi connectivity index (χ1n) is 11.6. The van der Waals surface area contributed by atoms with Crippen LogP contribution in [0, 0.1) is 5.41 Å². The van der Waals surface area contributed by atoms with Crippen LogP contribution in [-0.4, -0.2) is 65.9 Å². The van der Waals surface area contributed by atoms with Crippen molar-refractivity contribution in [1.29, 1.82) is 0 Å². The van der Waals surface area contributed by atoms with Crippen LogP contribution in [0.15, 0.2) is 29.3 Å². The predicted octanol–water partition coefficient (Wildman–Crippen LogP) is 5.23. The molecule has 2 saturated heterocycles. The summed E-state index contributed by atoms with van der Waals surface area (Å²) >= 11 is 5.94. The molecule has 0 spiro atoms. The van der Waals surface area contributed by atoms with Crippen molar-refractivity contribution in [2.24, 2.45) is 10.4 Å². The second-order valence-corrected chi connectivity index (χ2v) is 10.3. The third-order valence-corrected chi connectivity index (χ3v) is 7.84. The zero-order valence-corrected chi connectivity index (χ0v) is 20.0. The molecule has 1 aromatic rings. The highest BCUT2D eigenvalue weighted by molar-refractivity contribution is 7.80. The number of rotatable bonds is 3. The summed E-state index contributed by atoms with van der Waals surface area (Å²) in [7, 11) is 2.12. The molecule has 2 aliphatic heterocycles. The van der Waals surface area contributed by atoms with E-state index in [-0.39, 0.29) is 12.1 Å². The van der Waals surface area contributed by atoms with Crippen LogP contribution in [0.1, 0.15) is 51.5 Å². The lowest BCUT2D eigenvalue weighted by atomic mass is 9.85. The number of benzene rings is 1. The quantitative estimate of drug-likeness (QED) is 0.569. The van der Waals surface area contributed by atoms with Gasteiger partial charge in [0.05, 0.1) is 22.6 Å². The molecule has 2 heterocycles. The van der Waals surface area contributed by atoms with Crippen LogP contribution < -0.4 is 4.90 Å². The maximum atomic E-state index is 13.5. The molecule has 3 fully saturated rings. The molecular formula is C24H33F3N4S. The van der Waals surface area contributed by atoms with Gasteiger partial charge in [0.2, 0.25) is 0 Å². The van der Waals surface area contributed by atoms with Crippen molar-refractivity contribution in [2.75, 3.05) is 38.1 Å². The highest BCUT2D eigenvalue weighted by Gasteiger charge is 2.52. The molecular weight excluding hydrogens is 433 g/mol. The summed E-state index contributed by atoms with van der Waals surface area (Å²) in [5.74, 6) is 0.829. The molecule has 0 bridgehead atoms. The van der Waals surface area contributed by atoms with Gasteiger partial charge < -0.3 is 4.90 Å². The Kier molecular flexibility index (Phi) is 6.67. The number of halogens is 3. The molecule has 0 aromatic heterocycles. The second-order valence-electron chi connectivity index (χ2n) is 9.93. The van der Waals surface area contributed by atoms with E-state index in [0.29, 0.717) is 10.7 Å². The molecule has 4 rings (SSSR count). The van der Waals surface area contributed by atoms with Gasteiger partial charge in [0.1, 0.15) is 5.84 Å². The third-order valence-electron chi connectivity index (χ3n) is 7.14. The molecule has 176 valence electrons. The number of thiocarbonyl (C=S) groups is 1. The Morgan fingerprint density at radius 2 is 1.69 bits per heavy atom. The van der Waals surface area contributed by atoms with E-state index in [1.807, 2.05) is 4.90 Å². The number of amidine groups is 1. The van der Waals surface area contributed by atoms with Crippen LogP contribution in [0.5, 0.6) is 0 Å². The molecule has 0 unspecified atom stereocenters. The van der Waals surface area contributed by atoms with E-state index in [2.05, 4.69) is 30.7 Å². The Labute approximate surface area is 194 Å². The highest BCUT2D eigenvalue weighted by Crippen LogP contribution is 2.42. The van der Waals surface area contributed by atoms with Crippen molar-refractivity contribution in [2.45, 2.75) is 64.2 Å². The van der Waals surface area contributed by atoms with E-state index in [4.69, 9.17) is 17.2 Å². The molecule has 4 nitrogen and oxygen atoms in total. The summed E-state index contributed by atoms with van der Waals surface area (Å²) in [4.78, 5) is 12.5. The van der Waals surface area contributed by atoms with Crippen LogP contribution in [0.2, 0.25) is 0 Å². The van der Waals surface area contributed by atoms with Gasteiger partial charge in [-0.15, -0.1) is 0 Å². The van der Waals surface area contributed by atoms with Gasteiger partial charge in [-0.2, -0.15) is 13.2 Å². The fourth-order valence-electron chi connectivity index (χ4n) is 5.25. The van der Waals surface area contributed by atoms with Crippen molar-refractivity contribution >= 4 is 28.7 Å². The van der Waals surface area contributed by atoms with Crippen LogP contribution in [0.3, 0.4) is 0 Å². The van der Waals surface area contributed by atoms with Gasteiger partial charge in [-0.05, 0) is 38.1 Å². The molecule has 0 amide bonds. The molecule has 0 N–H and O–H groups in total. The van der Waals surface area contributed by atoms with Gasteiger partial charge in [0.15, 0.2) is 0 Å². The van der Waals surface area contributed by atoms with Crippen molar-refractivity contribution in [3.05, 3.63) is 29.8 Å². The number of hydrogen-bond donors (Lipinski definition) is 0. The summed E-state index contributed by atoms with van der Waals surface area (Å²) in [6, 6.07) is 5.68. The number of alkyl halides is 3. The van der Waals surface area contributed by atoms with Crippen molar-refractivity contribution < 1.29 is 13.2 Å². The second kappa shape index (κ2) is 9.03. The van der Waals surface area contributed by atoms with Gasteiger partial charge in [-0.1, -0.05) is 51.4 Å². The van der Waals surface area contributed by atoms with E-state index < -0.39 is 17.2 Å². The lowest BCUT2D eigenvalue weighted by Crippen LogP contribution is -2.55. The third kappa shape index (κ3) is 4.59. The van der Waals surface area contributed by atoms with Crippen LogP contribution in [-0.2, 0) is 6.18 Å². The summed E-state index contributed by atoms with van der Waals surface area (Å²) in [5, 5.41) is 0. The molecule has 1 atom stereocenters. The average Bonchev–Trinajstić information content (AvgIpc) is 2.94. The van der Waals surface area contributed by atoms with Gasteiger partial charge >= 0.3 is 6.18 Å². The Bertz CT molecular complexity index is 868. The van der Waals surface area contributed by atoms with Gasteiger partial charge in [-0.3, -0.25) is 14.8 Å². The molecule has 32 heavy (non-hydrogen) atoms. The number of anilines is 1. The van der Waals surface area contributed by atoms with E-state index in [1.54, 1.807) is 6.07 Å². The van der Waals surface area contributed by atoms with E-state index >= 15 is 0 Å². The topological polar surface area (TPSA) is 22.1 Å². The van der Waals surface area contributed by atoms with Crippen molar-refractivity contribution in [3.8, 4) is 0 Å². The molecule has 1 saturated carbocycles. The van der Waals surface area contributed by atoms with Gasteiger partial charge in [0, 0.05) is 37.3 Å². The molecule has 0 radical (unpaired) electrons. The Balaban J connectivity index is 1.78. The summed E-state index contributed by atoms with van der Waals surface area (Å²) in [6.07, 6.45) is 1.19. The molecule has 8 heteroatoms. The summed E-state index contributed by atoms with van der Waals surface area (Å²) < 4.78 is 40.5. The van der Waals surface area contributed by atoms with Gasteiger partial charge in [0.25, 0.3) is 0 Å². The van der Waals surface area contributed by atoms with E-state index in [0.717, 1.165) is 63.8 Å². The molecule has 1 aromatic carbocycles. The number of likely N-dealkylation sites (N-methyl/N-ethyl adjacent to an activating group) is 1. The maximum absolute atomic E-state index is 13.5. The fraction of sp³-hybridized carbons (Fsp3) is 0.667. The monoisotopic (exact) mass is 466 g/mol. The maximum Gasteiger partial charge on any atom is 0.416 e. The van der Waals surface area contributed by atoms with Crippen molar-refractivity contribution in [1.82, 2.24) is 9.80 Å². The minimum Gasteiger partial charge on any atom is -0.304 e. The normalized spacial score (nSPS) is 27.4. The van der Waals surface area contributed by atoms with E-state index in [1.165, 1.54) is 18.6 Å². The van der Waals surface area contributed by atoms with Crippen LogP contribution >= 0.6 is 12.2 Å². The smallest absolute Gasteiger partial charge is 0.304 e. The summed E-state index contributed by atoms with van der Waals surface area (Å²) in [5.41, 5.74) is -0.604. The Morgan fingerprint density at radius 1 is 1.03 bits per heavy atom. The Hall–Kier alpha value is -1.51. The fourth-order valence-corrected chi connectivity index (χ4v) is 5.56. The highest BCUT2D eigenvalue weighted by atomic mass is 32.1. The predicted molar refractivity (Wildman–Crippen MR) is 127 cm³/mol. The minimum atomic E-state index is -4.40. The lowest BCUT2D eigenvalue weighted by molar-refractivity contribution is -0.137. The molecule has 1 aliphatic carbocycles. The minimum absolute atomic E-state index is 0.0415. The number of hydrogen-bond acceptors (Lipinski definition) is 4. The standard InChI is InChI=1S/C24H33F3N4S/c1-23(2)20(30-14-12-29(3)13-15-30)21(28-18-9-5-4-6-10-18)31(22(23)32)19-11-7-8-17(16-19)24(25,26)27/h7-8,11,16,18,20H,4-6,9-10,12-15H2,1-3H3/t20-/m1/s1. The van der Waals surface area contributed by atoms with Crippen LogP contribution in [0.4, 0.5) is 18.9 Å². The van der Waals surface area contributed by atoms with Gasteiger partial charge in [-0.25, -0.2) is 0 Å². The number of piperazine rings is 1.